The van der Waals surface area contributed by atoms with Crippen LogP contribution < -0.4 is 0 Å². The SMILES string of the molecule is CCCCCCCCc1[c-]c2c(cc1)-c1ccccc1C2.[V]. The fraction of sp³-hybridized carbons (Fsp3) is 0.429. The van der Waals surface area contributed by atoms with E-state index in [1.54, 1.807) is 0 Å². The Bertz CT molecular complexity index is 601. The molecule has 0 saturated heterocycles. The van der Waals surface area contributed by atoms with E-state index >= 15 is 0 Å². The van der Waals surface area contributed by atoms with Crippen molar-refractivity contribution in [2.24, 2.45) is 0 Å². The second-order valence-electron chi connectivity index (χ2n) is 6.23. The summed E-state index contributed by atoms with van der Waals surface area (Å²) in [6, 6.07) is 17.0. The van der Waals surface area contributed by atoms with Gasteiger partial charge in [0, 0.05) is 18.6 Å². The van der Waals surface area contributed by atoms with Gasteiger partial charge in [-0.3, -0.25) is 0 Å². The van der Waals surface area contributed by atoms with Crippen molar-refractivity contribution in [3.63, 3.8) is 0 Å². The van der Waals surface area contributed by atoms with E-state index in [1.807, 2.05) is 0 Å². The minimum Gasteiger partial charge on any atom is -0.176 e. The molecule has 0 aliphatic heterocycles. The monoisotopic (exact) mass is 328 g/mol. The Morgan fingerprint density at radius 2 is 1.64 bits per heavy atom. The van der Waals surface area contributed by atoms with E-state index in [-0.39, 0.29) is 18.6 Å². The number of hydrogen-bond acceptors (Lipinski definition) is 0. The first-order chi connectivity index (χ1) is 10.4. The molecular weight excluding hydrogens is 303 g/mol. The summed E-state index contributed by atoms with van der Waals surface area (Å²) in [5, 5.41) is 0. The molecule has 3 rings (SSSR count). The van der Waals surface area contributed by atoms with Crippen molar-refractivity contribution in [1.29, 1.82) is 0 Å². The van der Waals surface area contributed by atoms with Gasteiger partial charge in [-0.05, 0) is 6.42 Å². The van der Waals surface area contributed by atoms with Gasteiger partial charge in [0.1, 0.15) is 0 Å². The predicted molar refractivity (Wildman–Crippen MR) is 90.6 cm³/mol. The molecule has 0 saturated carbocycles. The second-order valence-corrected chi connectivity index (χ2v) is 6.23. The van der Waals surface area contributed by atoms with Crippen molar-refractivity contribution in [2.75, 3.05) is 0 Å². The first kappa shape index (κ1) is 17.4. The molecule has 1 aliphatic carbocycles. The Balaban J connectivity index is 0.00000176. The van der Waals surface area contributed by atoms with Gasteiger partial charge in [0.2, 0.25) is 0 Å². The van der Waals surface area contributed by atoms with Gasteiger partial charge in [-0.15, -0.1) is 11.1 Å². The molecule has 0 atom stereocenters. The average molecular weight is 328 g/mol. The molecule has 2 aromatic carbocycles. The molecule has 0 spiro atoms. The molecule has 0 amide bonds. The van der Waals surface area contributed by atoms with Crippen molar-refractivity contribution in [1.82, 2.24) is 0 Å². The molecular formula is C21H25V-. The van der Waals surface area contributed by atoms with Gasteiger partial charge in [0.25, 0.3) is 0 Å². The number of hydrogen-bond donors (Lipinski definition) is 0. The molecule has 0 aromatic heterocycles. The van der Waals surface area contributed by atoms with E-state index < -0.39 is 0 Å². The number of rotatable bonds is 7. The van der Waals surface area contributed by atoms with E-state index in [4.69, 9.17) is 0 Å². The van der Waals surface area contributed by atoms with E-state index in [1.165, 1.54) is 72.8 Å². The minimum absolute atomic E-state index is 0. The summed E-state index contributed by atoms with van der Waals surface area (Å²) in [4.78, 5) is 0. The van der Waals surface area contributed by atoms with Gasteiger partial charge in [0.05, 0.1) is 0 Å². The largest absolute Gasteiger partial charge is 0.176 e. The molecule has 0 N–H and O–H groups in total. The van der Waals surface area contributed by atoms with Gasteiger partial charge in [0.15, 0.2) is 0 Å². The van der Waals surface area contributed by atoms with Crippen LogP contribution in [0, 0.1) is 6.07 Å². The molecule has 115 valence electrons. The second kappa shape index (κ2) is 8.60. The number of unbranched alkanes of at least 4 members (excludes halogenated alkanes) is 5. The first-order valence-corrected chi connectivity index (χ1v) is 8.51. The molecule has 0 fully saturated rings. The molecule has 22 heavy (non-hydrogen) atoms. The van der Waals surface area contributed by atoms with Crippen molar-refractivity contribution in [3.8, 4) is 11.1 Å². The third-order valence-corrected chi connectivity index (χ3v) is 4.56. The zero-order valence-electron chi connectivity index (χ0n) is 13.6. The quantitative estimate of drug-likeness (QED) is 0.371. The summed E-state index contributed by atoms with van der Waals surface area (Å²) in [7, 11) is 0. The maximum atomic E-state index is 3.67. The molecule has 0 unspecified atom stereocenters. The number of fused-ring (bicyclic) bond motifs is 3. The first-order valence-electron chi connectivity index (χ1n) is 8.51. The Labute approximate surface area is 147 Å². The van der Waals surface area contributed by atoms with Gasteiger partial charge in [-0.1, -0.05) is 87.3 Å². The summed E-state index contributed by atoms with van der Waals surface area (Å²) in [6.07, 6.45) is 10.5. The van der Waals surface area contributed by atoms with Crippen molar-refractivity contribution >= 4 is 0 Å². The van der Waals surface area contributed by atoms with Crippen LogP contribution in [0.15, 0.2) is 36.4 Å². The Kier molecular flexibility index (Phi) is 6.80. The standard InChI is InChI=1S/C21H25.V/c1-2-3-4-5-6-7-10-17-13-14-21-19(15-17)16-18-11-8-9-12-20(18)21;/h8-9,11-14H,2-7,10,16H2,1H3;/q-1;. The summed E-state index contributed by atoms with van der Waals surface area (Å²) < 4.78 is 0. The molecule has 0 heterocycles. The van der Waals surface area contributed by atoms with E-state index in [9.17, 15) is 0 Å². The number of aryl methyl sites for hydroxylation is 1. The van der Waals surface area contributed by atoms with Crippen LogP contribution in [0.4, 0.5) is 0 Å². The maximum Gasteiger partial charge on any atom is 0 e. The van der Waals surface area contributed by atoms with Crippen LogP contribution in [0.2, 0.25) is 0 Å². The third-order valence-electron chi connectivity index (χ3n) is 4.56. The molecule has 1 heteroatoms. The molecule has 2 aromatic rings. The topological polar surface area (TPSA) is 0 Å². The van der Waals surface area contributed by atoms with E-state index in [0.29, 0.717) is 0 Å². The maximum absolute atomic E-state index is 3.67. The molecule has 1 radical (unpaired) electrons. The number of benzene rings is 2. The fourth-order valence-corrected chi connectivity index (χ4v) is 3.35. The van der Waals surface area contributed by atoms with Gasteiger partial charge in [-0.25, -0.2) is 0 Å². The van der Waals surface area contributed by atoms with Gasteiger partial charge < -0.3 is 0 Å². The van der Waals surface area contributed by atoms with Crippen LogP contribution in [0.3, 0.4) is 0 Å². The Morgan fingerprint density at radius 1 is 0.864 bits per heavy atom. The summed E-state index contributed by atoms with van der Waals surface area (Å²) in [5.41, 5.74) is 7.07. The van der Waals surface area contributed by atoms with Crippen LogP contribution in [0.1, 0.15) is 62.1 Å². The normalized spacial score (nSPS) is 11.7. The predicted octanol–water partition coefficient (Wildman–Crippen LogP) is 5.96. The zero-order valence-corrected chi connectivity index (χ0v) is 15.0. The van der Waals surface area contributed by atoms with Crippen molar-refractivity contribution in [2.45, 2.75) is 58.3 Å². The third kappa shape index (κ3) is 4.06. The molecule has 0 nitrogen and oxygen atoms in total. The van der Waals surface area contributed by atoms with Crippen molar-refractivity contribution < 1.29 is 18.6 Å². The average Bonchev–Trinajstić information content (AvgIpc) is 2.88. The van der Waals surface area contributed by atoms with Gasteiger partial charge in [-0.2, -0.15) is 23.8 Å². The fourth-order valence-electron chi connectivity index (χ4n) is 3.35. The molecule has 1 aliphatic rings. The van der Waals surface area contributed by atoms with Crippen LogP contribution in [0.5, 0.6) is 0 Å². The minimum atomic E-state index is 0. The smallest absolute Gasteiger partial charge is 0 e. The summed E-state index contributed by atoms with van der Waals surface area (Å²) in [6.45, 7) is 2.28. The van der Waals surface area contributed by atoms with Crippen LogP contribution in [-0.2, 0) is 31.4 Å². The van der Waals surface area contributed by atoms with Crippen LogP contribution in [-0.4, -0.2) is 0 Å². The van der Waals surface area contributed by atoms with Crippen molar-refractivity contribution in [3.05, 3.63) is 59.2 Å². The summed E-state index contributed by atoms with van der Waals surface area (Å²) in [5.74, 6) is 0. The van der Waals surface area contributed by atoms with E-state index in [2.05, 4.69) is 49.4 Å². The van der Waals surface area contributed by atoms with Gasteiger partial charge >= 0.3 is 0 Å². The summed E-state index contributed by atoms with van der Waals surface area (Å²) >= 11 is 0. The Hall–Kier alpha value is -0.976. The van der Waals surface area contributed by atoms with E-state index in [0.717, 1.165) is 6.42 Å². The molecule has 0 bridgehead atoms. The zero-order chi connectivity index (χ0) is 14.5. The van der Waals surface area contributed by atoms with Crippen LogP contribution in [0.25, 0.3) is 11.1 Å². The van der Waals surface area contributed by atoms with Crippen LogP contribution >= 0.6 is 0 Å². The Morgan fingerprint density at radius 3 is 2.50 bits per heavy atom.